The summed E-state index contributed by atoms with van der Waals surface area (Å²) in [6.45, 7) is 0.726. The molecule has 1 saturated heterocycles. The number of ether oxygens (including phenoxy) is 2. The van der Waals surface area contributed by atoms with Gasteiger partial charge in [-0.2, -0.15) is 0 Å². The van der Waals surface area contributed by atoms with E-state index in [1.54, 1.807) is 30.3 Å². The highest BCUT2D eigenvalue weighted by atomic mass is 35.5. The molecule has 4 atom stereocenters. The molecule has 1 N–H and O–H groups in total. The average Bonchev–Trinajstić information content (AvgIpc) is 2.96. The van der Waals surface area contributed by atoms with Gasteiger partial charge in [0, 0.05) is 18.1 Å². The monoisotopic (exact) mass is 420 g/mol. The van der Waals surface area contributed by atoms with Crippen molar-refractivity contribution in [3.8, 4) is 5.75 Å². The molecule has 1 heterocycles. The lowest BCUT2D eigenvalue weighted by Crippen LogP contribution is -2.20. The zero-order valence-electron chi connectivity index (χ0n) is 16.6. The molecule has 1 aliphatic carbocycles. The average molecular weight is 421 g/mol. The number of hydrogen-bond donors (Lipinski definition) is 1. The van der Waals surface area contributed by atoms with Crippen molar-refractivity contribution in [2.45, 2.75) is 51.0 Å². The maximum Gasteiger partial charge on any atom is 0.303 e. The molecule has 29 heavy (non-hydrogen) atoms. The maximum atomic E-state index is 12.2. The van der Waals surface area contributed by atoms with E-state index in [-0.39, 0.29) is 24.9 Å². The van der Waals surface area contributed by atoms with Crippen LogP contribution in [0.1, 0.15) is 44.9 Å². The van der Waals surface area contributed by atoms with Crippen LogP contribution in [0.25, 0.3) is 0 Å². The molecule has 158 valence electrons. The summed E-state index contributed by atoms with van der Waals surface area (Å²) in [7, 11) is 0. The highest BCUT2D eigenvalue weighted by molar-refractivity contribution is 6.30. The largest absolute Gasteiger partial charge is 0.485 e. The van der Waals surface area contributed by atoms with Crippen molar-refractivity contribution < 1.29 is 24.2 Å². The minimum absolute atomic E-state index is 0.000190. The van der Waals surface area contributed by atoms with E-state index in [1.165, 1.54) is 0 Å². The third-order valence-corrected chi connectivity index (χ3v) is 6.21. The van der Waals surface area contributed by atoms with E-state index in [4.69, 9.17) is 26.2 Å². The van der Waals surface area contributed by atoms with Crippen LogP contribution in [0.15, 0.2) is 36.4 Å². The summed E-state index contributed by atoms with van der Waals surface area (Å²) in [6, 6.07) is 7.02. The van der Waals surface area contributed by atoms with Gasteiger partial charge < -0.3 is 14.6 Å². The number of ketones is 1. The molecule has 2 fully saturated rings. The summed E-state index contributed by atoms with van der Waals surface area (Å²) in [5, 5.41) is 9.38. The number of hydrogen-bond acceptors (Lipinski definition) is 4. The van der Waals surface area contributed by atoms with Crippen molar-refractivity contribution in [2.24, 2.45) is 17.8 Å². The van der Waals surface area contributed by atoms with Gasteiger partial charge in [0.05, 0.1) is 6.10 Å². The lowest BCUT2D eigenvalue weighted by Gasteiger charge is -2.20. The number of carboxylic acid groups (broad SMARTS) is 1. The first-order valence-corrected chi connectivity index (χ1v) is 10.8. The van der Waals surface area contributed by atoms with Crippen LogP contribution in [-0.2, 0) is 14.3 Å². The standard InChI is InChI=1S/C23H29ClO5/c24-18-4-2-5-20(13-18)28-15-19(25)10-8-17-9-12-22-21(17)11-7-16(14-29-22)3-1-6-23(26)27/h2,4-5,8,10,13,16-17,21-22H,1,3,6-7,9,11-12,14-15H2,(H,26,27)/b10-8+/t16-,17-,21?,22-/m0/s1. The van der Waals surface area contributed by atoms with Crippen LogP contribution in [-0.4, -0.2) is 36.2 Å². The molecular weight excluding hydrogens is 392 g/mol. The first kappa shape index (κ1) is 21.8. The lowest BCUT2D eigenvalue weighted by molar-refractivity contribution is -0.137. The fraction of sp³-hybridized carbons (Fsp3) is 0.565. The van der Waals surface area contributed by atoms with Crippen LogP contribution < -0.4 is 4.74 Å². The molecule has 3 rings (SSSR count). The second kappa shape index (κ2) is 10.8. The summed E-state index contributed by atoms with van der Waals surface area (Å²) in [4.78, 5) is 22.9. The van der Waals surface area contributed by atoms with Gasteiger partial charge in [-0.15, -0.1) is 0 Å². The van der Waals surface area contributed by atoms with E-state index in [0.717, 1.165) is 38.7 Å². The predicted octanol–water partition coefficient (Wildman–Crippen LogP) is 4.92. The molecule has 1 saturated carbocycles. The van der Waals surface area contributed by atoms with Gasteiger partial charge in [-0.05, 0) is 80.6 Å². The molecule has 0 amide bonds. The van der Waals surface area contributed by atoms with Gasteiger partial charge in [-0.1, -0.05) is 23.7 Å². The van der Waals surface area contributed by atoms with Crippen molar-refractivity contribution >= 4 is 23.4 Å². The minimum Gasteiger partial charge on any atom is -0.485 e. The van der Waals surface area contributed by atoms with Crippen molar-refractivity contribution in [1.82, 2.24) is 0 Å². The summed E-state index contributed by atoms with van der Waals surface area (Å²) in [5.74, 6) is 1.04. The fourth-order valence-electron chi connectivity index (χ4n) is 4.44. The van der Waals surface area contributed by atoms with Crippen LogP contribution in [0.5, 0.6) is 5.75 Å². The van der Waals surface area contributed by atoms with Gasteiger partial charge in [0.2, 0.25) is 0 Å². The fourth-order valence-corrected chi connectivity index (χ4v) is 4.62. The zero-order chi connectivity index (χ0) is 20.6. The minimum atomic E-state index is -0.731. The van der Waals surface area contributed by atoms with E-state index in [2.05, 4.69) is 0 Å². The number of benzene rings is 1. The van der Waals surface area contributed by atoms with E-state index >= 15 is 0 Å². The van der Waals surface area contributed by atoms with Gasteiger partial charge in [0.15, 0.2) is 12.4 Å². The normalized spacial score (nSPS) is 26.8. The number of halogens is 1. The molecule has 6 heteroatoms. The summed E-state index contributed by atoms with van der Waals surface area (Å²) >= 11 is 5.92. The molecule has 1 aromatic rings. The van der Waals surface area contributed by atoms with E-state index in [0.29, 0.717) is 34.9 Å². The van der Waals surface area contributed by atoms with Gasteiger partial charge in [0.25, 0.3) is 0 Å². The van der Waals surface area contributed by atoms with Crippen molar-refractivity contribution in [1.29, 1.82) is 0 Å². The topological polar surface area (TPSA) is 72.8 Å². The molecule has 0 aromatic heterocycles. The number of carboxylic acids is 1. The third kappa shape index (κ3) is 6.86. The number of allylic oxidation sites excluding steroid dienone is 1. The quantitative estimate of drug-likeness (QED) is 0.574. The molecular formula is C23H29ClO5. The number of aliphatic carboxylic acids is 1. The Labute approximate surface area is 177 Å². The Balaban J connectivity index is 1.45. The van der Waals surface area contributed by atoms with Crippen LogP contribution in [0.3, 0.4) is 0 Å². The Kier molecular flexibility index (Phi) is 8.13. The second-order valence-corrected chi connectivity index (χ2v) is 8.51. The lowest BCUT2D eigenvalue weighted by atomic mass is 9.87. The van der Waals surface area contributed by atoms with E-state index < -0.39 is 5.97 Å². The SMILES string of the molecule is O=C(O)CCC[C@H]1CCC2[C@H](CC[C@@H]2/C=C/C(=O)COc2cccc(Cl)c2)OC1. The smallest absolute Gasteiger partial charge is 0.303 e. The van der Waals surface area contributed by atoms with Crippen molar-refractivity contribution in [2.75, 3.05) is 13.2 Å². The van der Waals surface area contributed by atoms with Crippen LogP contribution in [0, 0.1) is 17.8 Å². The van der Waals surface area contributed by atoms with Crippen LogP contribution >= 0.6 is 11.6 Å². The molecule has 0 bridgehead atoms. The number of rotatable bonds is 9. The summed E-state index contributed by atoms with van der Waals surface area (Å²) in [5.41, 5.74) is 0. The number of carbonyl (C=O) groups excluding carboxylic acids is 1. The Morgan fingerprint density at radius 1 is 1.24 bits per heavy atom. The van der Waals surface area contributed by atoms with Crippen LogP contribution in [0.4, 0.5) is 0 Å². The van der Waals surface area contributed by atoms with Crippen molar-refractivity contribution in [3.63, 3.8) is 0 Å². The second-order valence-electron chi connectivity index (χ2n) is 8.08. The Hall–Kier alpha value is -1.85. The first-order valence-electron chi connectivity index (χ1n) is 10.4. The molecule has 1 unspecified atom stereocenters. The van der Waals surface area contributed by atoms with E-state index in [1.807, 2.05) is 6.08 Å². The first-order chi connectivity index (χ1) is 14.0. The summed E-state index contributed by atoms with van der Waals surface area (Å²) in [6.07, 6.45) is 9.98. The molecule has 0 radical (unpaired) electrons. The number of carbonyl (C=O) groups is 2. The molecule has 2 aliphatic rings. The predicted molar refractivity (Wildman–Crippen MR) is 111 cm³/mol. The Morgan fingerprint density at radius 2 is 2.10 bits per heavy atom. The van der Waals surface area contributed by atoms with Gasteiger partial charge in [-0.3, -0.25) is 9.59 Å². The number of fused-ring (bicyclic) bond motifs is 1. The highest BCUT2D eigenvalue weighted by Crippen LogP contribution is 2.41. The molecule has 1 aliphatic heterocycles. The van der Waals surface area contributed by atoms with Crippen molar-refractivity contribution in [3.05, 3.63) is 41.4 Å². The van der Waals surface area contributed by atoms with Gasteiger partial charge >= 0.3 is 5.97 Å². The molecule has 1 aromatic carbocycles. The third-order valence-electron chi connectivity index (χ3n) is 5.98. The molecule has 5 nitrogen and oxygen atoms in total. The maximum absolute atomic E-state index is 12.2. The molecule has 0 spiro atoms. The van der Waals surface area contributed by atoms with Gasteiger partial charge in [0.1, 0.15) is 5.75 Å². The van der Waals surface area contributed by atoms with Crippen LogP contribution in [0.2, 0.25) is 5.02 Å². The highest BCUT2D eigenvalue weighted by Gasteiger charge is 2.37. The Morgan fingerprint density at radius 3 is 2.90 bits per heavy atom. The Bertz CT molecular complexity index is 732. The zero-order valence-corrected chi connectivity index (χ0v) is 17.4. The summed E-state index contributed by atoms with van der Waals surface area (Å²) < 4.78 is 11.7. The van der Waals surface area contributed by atoms with Gasteiger partial charge in [-0.25, -0.2) is 0 Å². The van der Waals surface area contributed by atoms with E-state index in [9.17, 15) is 9.59 Å².